The van der Waals surface area contributed by atoms with Gasteiger partial charge in [0.2, 0.25) is 0 Å². The van der Waals surface area contributed by atoms with Gasteiger partial charge in [0.05, 0.1) is 5.60 Å². The maximum absolute atomic E-state index is 11.7. The Labute approximate surface area is 86.8 Å². The van der Waals surface area contributed by atoms with Crippen molar-refractivity contribution in [2.45, 2.75) is 39.2 Å². The second kappa shape index (κ2) is 6.14. The summed E-state index contributed by atoms with van der Waals surface area (Å²) in [7, 11) is 3.28. The van der Waals surface area contributed by atoms with Crippen molar-refractivity contribution < 1.29 is 14.3 Å². The Morgan fingerprint density at radius 3 is 2.36 bits per heavy atom. The molecule has 0 aromatic carbocycles. The Morgan fingerprint density at radius 2 is 1.93 bits per heavy atom. The second-order valence-electron chi connectivity index (χ2n) is 4.29. The maximum Gasteiger partial charge on any atom is 0.138 e. The molecule has 0 N–H and O–H groups in total. The maximum atomic E-state index is 11.7. The average molecular weight is 202 g/mol. The van der Waals surface area contributed by atoms with Crippen molar-refractivity contribution in [1.29, 1.82) is 0 Å². The lowest BCUT2D eigenvalue weighted by Crippen LogP contribution is -2.29. The van der Waals surface area contributed by atoms with Gasteiger partial charge in [0.15, 0.2) is 0 Å². The highest BCUT2D eigenvalue weighted by Gasteiger charge is 2.24. The van der Waals surface area contributed by atoms with Crippen molar-refractivity contribution in [2.24, 2.45) is 5.92 Å². The fourth-order valence-electron chi connectivity index (χ4n) is 1.12. The summed E-state index contributed by atoms with van der Waals surface area (Å²) in [6.07, 6.45) is 1.25. The first-order valence-corrected chi connectivity index (χ1v) is 4.99. The van der Waals surface area contributed by atoms with Crippen LogP contribution in [0.25, 0.3) is 0 Å². The van der Waals surface area contributed by atoms with Gasteiger partial charge in [-0.15, -0.1) is 0 Å². The lowest BCUT2D eigenvalue weighted by atomic mass is 9.93. The second-order valence-corrected chi connectivity index (χ2v) is 4.29. The van der Waals surface area contributed by atoms with E-state index in [1.165, 1.54) is 0 Å². The average Bonchev–Trinajstić information content (AvgIpc) is 2.13. The molecule has 0 aromatic heterocycles. The summed E-state index contributed by atoms with van der Waals surface area (Å²) in [5.74, 6) is 0.304. The number of methoxy groups -OCH3 is 2. The summed E-state index contributed by atoms with van der Waals surface area (Å²) >= 11 is 0. The predicted molar refractivity (Wildman–Crippen MR) is 56.4 cm³/mol. The zero-order valence-electron chi connectivity index (χ0n) is 9.92. The largest absolute Gasteiger partial charge is 0.385 e. The molecule has 0 aromatic rings. The monoisotopic (exact) mass is 202 g/mol. The van der Waals surface area contributed by atoms with Crippen LogP contribution in [0, 0.1) is 5.92 Å². The summed E-state index contributed by atoms with van der Waals surface area (Å²) in [6, 6.07) is 0. The Bertz CT molecular complexity index is 175. The fourth-order valence-corrected chi connectivity index (χ4v) is 1.12. The van der Waals surface area contributed by atoms with Crippen LogP contribution in [-0.2, 0) is 14.3 Å². The van der Waals surface area contributed by atoms with Gasteiger partial charge in [0.25, 0.3) is 0 Å². The van der Waals surface area contributed by atoms with E-state index in [1.54, 1.807) is 14.2 Å². The molecule has 0 aliphatic heterocycles. The number of ketones is 1. The number of Topliss-reactive ketones (excluding diaryl/α,β-unsaturated/α-hetero) is 1. The minimum absolute atomic E-state index is 0.0596. The summed E-state index contributed by atoms with van der Waals surface area (Å²) in [4.78, 5) is 11.7. The molecule has 1 atom stereocenters. The highest BCUT2D eigenvalue weighted by atomic mass is 16.5. The van der Waals surface area contributed by atoms with Gasteiger partial charge in [-0.3, -0.25) is 4.79 Å². The number of carbonyl (C=O) groups is 1. The van der Waals surface area contributed by atoms with Crippen molar-refractivity contribution in [3.8, 4) is 0 Å². The van der Waals surface area contributed by atoms with Crippen LogP contribution in [0.15, 0.2) is 0 Å². The number of hydrogen-bond donors (Lipinski definition) is 0. The molecule has 1 unspecified atom stereocenters. The topological polar surface area (TPSA) is 35.5 Å². The first kappa shape index (κ1) is 13.6. The highest BCUT2D eigenvalue weighted by molar-refractivity contribution is 5.81. The zero-order valence-corrected chi connectivity index (χ0v) is 9.92. The van der Waals surface area contributed by atoms with Gasteiger partial charge in [-0.1, -0.05) is 6.92 Å². The molecule has 0 heterocycles. The van der Waals surface area contributed by atoms with Crippen molar-refractivity contribution in [3.63, 3.8) is 0 Å². The predicted octanol–water partition coefficient (Wildman–Crippen LogP) is 2.04. The van der Waals surface area contributed by atoms with E-state index in [9.17, 15) is 4.79 Å². The van der Waals surface area contributed by atoms with Crippen LogP contribution in [0.4, 0.5) is 0 Å². The van der Waals surface area contributed by atoms with Gasteiger partial charge in [-0.05, 0) is 20.3 Å². The van der Waals surface area contributed by atoms with Gasteiger partial charge < -0.3 is 9.47 Å². The Balaban J connectivity index is 3.95. The molecule has 0 aliphatic carbocycles. The van der Waals surface area contributed by atoms with E-state index in [1.807, 2.05) is 20.8 Å². The molecule has 0 fully saturated rings. The van der Waals surface area contributed by atoms with Crippen LogP contribution in [0.3, 0.4) is 0 Å². The minimum atomic E-state index is -0.349. The molecule has 0 spiro atoms. The Hall–Kier alpha value is -0.410. The normalized spacial score (nSPS) is 14.1. The summed E-state index contributed by atoms with van der Waals surface area (Å²) < 4.78 is 10.1. The number of rotatable bonds is 7. The molecule has 0 rings (SSSR count). The van der Waals surface area contributed by atoms with E-state index in [4.69, 9.17) is 9.47 Å². The molecule has 3 heteroatoms. The standard InChI is InChI=1S/C11H22O3/c1-9(6-7-13-4)10(12)8-11(2,3)14-5/h9H,6-8H2,1-5H3. The number of hydrogen-bond acceptors (Lipinski definition) is 3. The quantitative estimate of drug-likeness (QED) is 0.633. The van der Waals surface area contributed by atoms with E-state index in [0.29, 0.717) is 13.0 Å². The lowest BCUT2D eigenvalue weighted by molar-refractivity contribution is -0.127. The van der Waals surface area contributed by atoms with E-state index >= 15 is 0 Å². The van der Waals surface area contributed by atoms with Crippen molar-refractivity contribution in [3.05, 3.63) is 0 Å². The van der Waals surface area contributed by atoms with Crippen LogP contribution < -0.4 is 0 Å². The van der Waals surface area contributed by atoms with Gasteiger partial charge in [-0.2, -0.15) is 0 Å². The summed E-state index contributed by atoms with van der Waals surface area (Å²) in [5.41, 5.74) is -0.349. The molecule has 0 bridgehead atoms. The van der Waals surface area contributed by atoms with E-state index in [0.717, 1.165) is 6.42 Å². The van der Waals surface area contributed by atoms with E-state index in [-0.39, 0.29) is 17.3 Å². The van der Waals surface area contributed by atoms with Crippen LogP contribution in [0.1, 0.15) is 33.6 Å². The van der Waals surface area contributed by atoms with Gasteiger partial charge in [0.1, 0.15) is 5.78 Å². The molecule has 0 radical (unpaired) electrons. The summed E-state index contributed by atoms with van der Waals surface area (Å²) in [5, 5.41) is 0. The Morgan fingerprint density at radius 1 is 1.36 bits per heavy atom. The molecule has 3 nitrogen and oxygen atoms in total. The van der Waals surface area contributed by atoms with Gasteiger partial charge in [0, 0.05) is 33.2 Å². The van der Waals surface area contributed by atoms with Crippen LogP contribution in [0.5, 0.6) is 0 Å². The summed E-state index contributed by atoms with van der Waals surface area (Å²) in [6.45, 7) is 6.43. The minimum Gasteiger partial charge on any atom is -0.385 e. The third-order valence-corrected chi connectivity index (χ3v) is 2.46. The van der Waals surface area contributed by atoms with Crippen molar-refractivity contribution >= 4 is 5.78 Å². The third kappa shape index (κ3) is 5.35. The van der Waals surface area contributed by atoms with Crippen molar-refractivity contribution in [2.75, 3.05) is 20.8 Å². The highest BCUT2D eigenvalue weighted by Crippen LogP contribution is 2.17. The van der Waals surface area contributed by atoms with Gasteiger partial charge >= 0.3 is 0 Å². The lowest BCUT2D eigenvalue weighted by Gasteiger charge is -2.23. The van der Waals surface area contributed by atoms with Crippen LogP contribution in [-0.4, -0.2) is 32.2 Å². The van der Waals surface area contributed by atoms with Crippen LogP contribution in [0.2, 0.25) is 0 Å². The SMILES string of the molecule is COCCC(C)C(=O)CC(C)(C)OC. The smallest absolute Gasteiger partial charge is 0.138 e. The Kier molecular flexibility index (Phi) is 5.96. The first-order chi connectivity index (χ1) is 6.43. The molecular formula is C11H22O3. The van der Waals surface area contributed by atoms with E-state index < -0.39 is 0 Å². The molecule has 0 saturated carbocycles. The molecule has 84 valence electrons. The van der Waals surface area contributed by atoms with Gasteiger partial charge in [-0.25, -0.2) is 0 Å². The number of ether oxygens (including phenoxy) is 2. The van der Waals surface area contributed by atoms with Crippen LogP contribution >= 0.6 is 0 Å². The molecule has 0 saturated heterocycles. The number of carbonyl (C=O) groups excluding carboxylic acids is 1. The molecule has 0 amide bonds. The fraction of sp³-hybridized carbons (Fsp3) is 0.909. The zero-order chi connectivity index (χ0) is 11.2. The molecule has 0 aliphatic rings. The van der Waals surface area contributed by atoms with E-state index in [2.05, 4.69) is 0 Å². The first-order valence-electron chi connectivity index (χ1n) is 4.99. The van der Waals surface area contributed by atoms with Crippen molar-refractivity contribution in [1.82, 2.24) is 0 Å². The molecular weight excluding hydrogens is 180 g/mol. The third-order valence-electron chi connectivity index (χ3n) is 2.46. The molecule has 14 heavy (non-hydrogen) atoms.